The molecular weight excluding hydrogens is 369 g/mol. The Labute approximate surface area is 139 Å². The topological polar surface area (TPSA) is 53.9 Å². The molecule has 1 fully saturated rings. The van der Waals surface area contributed by atoms with Crippen LogP contribution in [0, 0.1) is 11.8 Å². The second kappa shape index (κ2) is 10.2. The Morgan fingerprint density at radius 2 is 2.00 bits per heavy atom. The van der Waals surface area contributed by atoms with Gasteiger partial charge in [0.15, 0.2) is 5.96 Å². The van der Waals surface area contributed by atoms with Crippen molar-refractivity contribution >= 4 is 35.9 Å². The van der Waals surface area contributed by atoms with Gasteiger partial charge < -0.3 is 15.0 Å². The van der Waals surface area contributed by atoms with E-state index < -0.39 is 0 Å². The van der Waals surface area contributed by atoms with E-state index in [4.69, 9.17) is 4.74 Å². The highest BCUT2D eigenvalue weighted by Crippen LogP contribution is 2.18. The molecule has 118 valence electrons. The Kier molecular flexibility index (Phi) is 9.96. The number of esters is 1. The summed E-state index contributed by atoms with van der Waals surface area (Å²) in [6.45, 7) is 7.10. The Hall–Kier alpha value is -0.530. The molecular formula is C14H28IN3O2. The summed E-state index contributed by atoms with van der Waals surface area (Å²) in [5.41, 5.74) is 0. The van der Waals surface area contributed by atoms with Crippen molar-refractivity contribution in [2.24, 2.45) is 16.8 Å². The molecule has 0 spiro atoms. The second-order valence-electron chi connectivity index (χ2n) is 5.44. The number of aliphatic imine (C=N–C) groups is 1. The molecule has 0 atom stereocenters. The molecule has 0 saturated carbocycles. The first-order chi connectivity index (χ1) is 9.08. The average Bonchev–Trinajstić information content (AvgIpc) is 2.43. The maximum absolute atomic E-state index is 11.5. The zero-order valence-electron chi connectivity index (χ0n) is 13.0. The van der Waals surface area contributed by atoms with Crippen LogP contribution in [0.3, 0.4) is 0 Å². The summed E-state index contributed by atoms with van der Waals surface area (Å²) in [5, 5.41) is 3.39. The van der Waals surface area contributed by atoms with E-state index in [2.05, 4.69) is 29.1 Å². The van der Waals surface area contributed by atoms with Gasteiger partial charge in [-0.15, -0.1) is 24.0 Å². The lowest BCUT2D eigenvalue weighted by Crippen LogP contribution is -2.47. The van der Waals surface area contributed by atoms with Crippen LogP contribution in [0.25, 0.3) is 0 Å². The van der Waals surface area contributed by atoms with Gasteiger partial charge in [0.2, 0.25) is 0 Å². The van der Waals surface area contributed by atoms with E-state index in [0.717, 1.165) is 44.9 Å². The molecule has 1 N–H and O–H groups in total. The molecule has 1 rings (SSSR count). The van der Waals surface area contributed by atoms with Crippen molar-refractivity contribution in [2.45, 2.75) is 33.1 Å². The van der Waals surface area contributed by atoms with Crippen LogP contribution in [0.5, 0.6) is 0 Å². The number of nitrogens with one attached hydrogen (secondary N) is 1. The van der Waals surface area contributed by atoms with Crippen LogP contribution in [0.4, 0.5) is 0 Å². The number of carbonyl (C=O) groups excluding carboxylic acids is 1. The first-order valence-electron chi connectivity index (χ1n) is 7.12. The Balaban J connectivity index is 0.00000361. The number of nitrogens with zero attached hydrogens (tertiary/aromatic N) is 2. The van der Waals surface area contributed by atoms with Crippen LogP contribution in [-0.4, -0.2) is 50.6 Å². The van der Waals surface area contributed by atoms with Gasteiger partial charge in [0.25, 0.3) is 0 Å². The van der Waals surface area contributed by atoms with Crippen LogP contribution in [0.2, 0.25) is 0 Å². The number of ether oxygens (including phenoxy) is 1. The number of rotatable bonds is 4. The van der Waals surface area contributed by atoms with Crippen LogP contribution >= 0.6 is 24.0 Å². The normalized spacial score (nSPS) is 16.9. The highest BCUT2D eigenvalue weighted by atomic mass is 127. The first-order valence-corrected chi connectivity index (χ1v) is 7.12. The molecule has 0 aromatic heterocycles. The zero-order valence-corrected chi connectivity index (χ0v) is 15.3. The van der Waals surface area contributed by atoms with E-state index in [1.54, 1.807) is 0 Å². The minimum atomic E-state index is -0.0811. The number of hydrogen-bond donors (Lipinski definition) is 1. The lowest BCUT2D eigenvalue weighted by atomic mass is 9.97. The summed E-state index contributed by atoms with van der Waals surface area (Å²) >= 11 is 0. The number of piperidine rings is 1. The lowest BCUT2D eigenvalue weighted by Gasteiger charge is -2.33. The predicted octanol–water partition coefficient (Wildman–Crippen LogP) is 2.11. The summed E-state index contributed by atoms with van der Waals surface area (Å²) in [4.78, 5) is 18.0. The zero-order chi connectivity index (χ0) is 14.3. The SMILES string of the molecule is CN=C(NCCC(C)C)N1CCC(C(=O)OC)CC1.I. The molecule has 0 unspecified atom stereocenters. The molecule has 0 radical (unpaired) electrons. The predicted molar refractivity (Wildman–Crippen MR) is 92.5 cm³/mol. The number of guanidine groups is 1. The Morgan fingerprint density at radius 3 is 2.45 bits per heavy atom. The molecule has 6 heteroatoms. The summed E-state index contributed by atoms with van der Waals surface area (Å²) in [7, 11) is 3.27. The average molecular weight is 397 g/mol. The molecule has 1 heterocycles. The summed E-state index contributed by atoms with van der Waals surface area (Å²) in [6, 6.07) is 0. The van der Waals surface area contributed by atoms with Crippen molar-refractivity contribution in [2.75, 3.05) is 33.8 Å². The largest absolute Gasteiger partial charge is 0.469 e. The van der Waals surface area contributed by atoms with E-state index >= 15 is 0 Å². The van der Waals surface area contributed by atoms with Gasteiger partial charge in [-0.2, -0.15) is 0 Å². The summed E-state index contributed by atoms with van der Waals surface area (Å²) in [5.74, 6) is 1.61. The number of carbonyl (C=O) groups is 1. The van der Waals surface area contributed by atoms with E-state index in [-0.39, 0.29) is 35.9 Å². The van der Waals surface area contributed by atoms with Crippen LogP contribution in [-0.2, 0) is 9.53 Å². The van der Waals surface area contributed by atoms with Gasteiger partial charge in [-0.3, -0.25) is 9.79 Å². The van der Waals surface area contributed by atoms with Gasteiger partial charge in [0, 0.05) is 26.7 Å². The number of hydrogen-bond acceptors (Lipinski definition) is 3. The standard InChI is InChI=1S/C14H27N3O2.HI/c1-11(2)5-8-16-14(15-3)17-9-6-12(7-10-17)13(18)19-4;/h11-12H,5-10H2,1-4H3,(H,15,16);1H. The van der Waals surface area contributed by atoms with Gasteiger partial charge in [-0.25, -0.2) is 0 Å². The molecule has 0 aliphatic carbocycles. The van der Waals surface area contributed by atoms with Gasteiger partial charge in [-0.1, -0.05) is 13.8 Å². The molecule has 1 saturated heterocycles. The van der Waals surface area contributed by atoms with Crippen LogP contribution < -0.4 is 5.32 Å². The number of halogens is 1. The van der Waals surface area contributed by atoms with Gasteiger partial charge in [0.05, 0.1) is 13.0 Å². The van der Waals surface area contributed by atoms with E-state index in [1.165, 1.54) is 7.11 Å². The highest BCUT2D eigenvalue weighted by molar-refractivity contribution is 14.0. The van der Waals surface area contributed by atoms with Gasteiger partial charge in [-0.05, 0) is 25.2 Å². The molecule has 20 heavy (non-hydrogen) atoms. The third-order valence-corrected chi connectivity index (χ3v) is 3.55. The fourth-order valence-corrected chi connectivity index (χ4v) is 2.30. The molecule has 0 aromatic rings. The monoisotopic (exact) mass is 397 g/mol. The number of likely N-dealkylation sites (tertiary alicyclic amines) is 1. The van der Waals surface area contributed by atoms with Crippen molar-refractivity contribution < 1.29 is 9.53 Å². The van der Waals surface area contributed by atoms with Crippen molar-refractivity contribution in [1.82, 2.24) is 10.2 Å². The third kappa shape index (κ3) is 6.28. The van der Waals surface area contributed by atoms with Crippen molar-refractivity contribution in [3.63, 3.8) is 0 Å². The van der Waals surface area contributed by atoms with E-state index in [1.807, 2.05) is 7.05 Å². The third-order valence-electron chi connectivity index (χ3n) is 3.55. The molecule has 0 bridgehead atoms. The fourth-order valence-electron chi connectivity index (χ4n) is 2.30. The molecule has 1 aliphatic heterocycles. The molecule has 5 nitrogen and oxygen atoms in total. The van der Waals surface area contributed by atoms with Crippen LogP contribution in [0.1, 0.15) is 33.1 Å². The van der Waals surface area contributed by atoms with E-state index in [9.17, 15) is 4.79 Å². The fraction of sp³-hybridized carbons (Fsp3) is 0.857. The molecule has 0 aromatic carbocycles. The maximum Gasteiger partial charge on any atom is 0.308 e. The Bertz CT molecular complexity index is 314. The lowest BCUT2D eigenvalue weighted by molar-refractivity contribution is -0.146. The summed E-state index contributed by atoms with van der Waals surface area (Å²) < 4.78 is 4.80. The van der Waals surface area contributed by atoms with E-state index in [0.29, 0.717) is 5.92 Å². The number of methoxy groups -OCH3 is 1. The van der Waals surface area contributed by atoms with Crippen molar-refractivity contribution in [3.05, 3.63) is 0 Å². The Morgan fingerprint density at radius 1 is 1.40 bits per heavy atom. The minimum absolute atomic E-state index is 0. The quantitative estimate of drug-likeness (QED) is 0.342. The maximum atomic E-state index is 11.5. The van der Waals surface area contributed by atoms with Crippen LogP contribution in [0.15, 0.2) is 4.99 Å². The smallest absolute Gasteiger partial charge is 0.308 e. The first kappa shape index (κ1) is 19.5. The van der Waals surface area contributed by atoms with Crippen molar-refractivity contribution in [3.8, 4) is 0 Å². The van der Waals surface area contributed by atoms with Gasteiger partial charge >= 0.3 is 5.97 Å². The molecule has 0 amide bonds. The minimum Gasteiger partial charge on any atom is -0.469 e. The highest BCUT2D eigenvalue weighted by Gasteiger charge is 2.26. The summed E-state index contributed by atoms with van der Waals surface area (Å²) in [6.07, 6.45) is 2.83. The molecule has 1 aliphatic rings. The van der Waals surface area contributed by atoms with Crippen molar-refractivity contribution in [1.29, 1.82) is 0 Å². The second-order valence-corrected chi connectivity index (χ2v) is 5.44. The van der Waals surface area contributed by atoms with Gasteiger partial charge in [0.1, 0.15) is 0 Å².